The van der Waals surface area contributed by atoms with Crippen molar-refractivity contribution in [2.45, 2.75) is 6.18 Å². The van der Waals surface area contributed by atoms with E-state index in [0.717, 1.165) is 17.4 Å². The number of hydrogen-bond acceptors (Lipinski definition) is 7. The quantitative estimate of drug-likeness (QED) is 0.255. The van der Waals surface area contributed by atoms with Crippen LogP contribution in [0.4, 0.5) is 23.4 Å². The van der Waals surface area contributed by atoms with Gasteiger partial charge in [-0.1, -0.05) is 12.1 Å². The summed E-state index contributed by atoms with van der Waals surface area (Å²) in [6.07, 6.45) is -1.88. The van der Waals surface area contributed by atoms with Gasteiger partial charge in [0.05, 0.1) is 0 Å². The first-order valence-electron chi connectivity index (χ1n) is 10.2. The standard InChI is InChI=1S/C23H13F4N7OS/c24-18-5-4-15(12-29-18)13-2-1-3-14(10-13)21(35)30-19-6-7-20(32-31-19)34-17(23(25,26)27)11-16(33-34)22-28-8-9-36-22/h1-12H,(H,30,31,35). The molecule has 0 saturated heterocycles. The molecule has 8 nitrogen and oxygen atoms in total. The first-order valence-corrected chi connectivity index (χ1v) is 11.1. The number of nitrogens with zero attached hydrogens (tertiary/aromatic N) is 6. The van der Waals surface area contributed by atoms with Gasteiger partial charge in [-0.2, -0.15) is 22.7 Å². The predicted molar refractivity (Wildman–Crippen MR) is 123 cm³/mol. The highest BCUT2D eigenvalue weighted by molar-refractivity contribution is 7.13. The summed E-state index contributed by atoms with van der Waals surface area (Å²) in [5.74, 6) is -1.30. The zero-order valence-electron chi connectivity index (χ0n) is 17.9. The number of carbonyl (C=O) groups excluding carboxylic acids is 1. The van der Waals surface area contributed by atoms with E-state index < -0.39 is 23.7 Å². The van der Waals surface area contributed by atoms with Gasteiger partial charge in [0.25, 0.3) is 5.91 Å². The Labute approximate surface area is 204 Å². The normalized spacial score (nSPS) is 11.4. The molecule has 4 heterocycles. The SMILES string of the molecule is O=C(Nc1ccc(-n2nc(-c3nccs3)cc2C(F)(F)F)nn1)c1cccc(-c2ccc(F)nc2)c1. The van der Waals surface area contributed by atoms with Crippen LogP contribution < -0.4 is 5.32 Å². The first-order chi connectivity index (χ1) is 17.3. The van der Waals surface area contributed by atoms with Gasteiger partial charge in [0.2, 0.25) is 5.95 Å². The number of alkyl halides is 3. The number of amides is 1. The molecule has 0 bridgehead atoms. The number of nitrogens with one attached hydrogen (secondary N) is 1. The molecule has 1 amide bonds. The minimum atomic E-state index is -4.69. The van der Waals surface area contributed by atoms with Gasteiger partial charge in [-0.25, -0.2) is 14.6 Å². The predicted octanol–water partition coefficient (Wildman–Crippen LogP) is 5.26. The second-order valence-corrected chi connectivity index (χ2v) is 8.24. The largest absolute Gasteiger partial charge is 0.433 e. The average Bonchev–Trinajstić information content (AvgIpc) is 3.55. The summed E-state index contributed by atoms with van der Waals surface area (Å²) < 4.78 is 54.5. The lowest BCUT2D eigenvalue weighted by Gasteiger charge is -2.10. The Morgan fingerprint density at radius 1 is 0.972 bits per heavy atom. The van der Waals surface area contributed by atoms with Gasteiger partial charge >= 0.3 is 6.18 Å². The summed E-state index contributed by atoms with van der Waals surface area (Å²) in [6.45, 7) is 0. The van der Waals surface area contributed by atoms with Crippen LogP contribution in [0.15, 0.2) is 72.4 Å². The van der Waals surface area contributed by atoms with Gasteiger partial charge in [-0.15, -0.1) is 21.5 Å². The van der Waals surface area contributed by atoms with E-state index in [2.05, 4.69) is 30.6 Å². The Bertz CT molecular complexity index is 1520. The third kappa shape index (κ3) is 4.81. The van der Waals surface area contributed by atoms with Crippen molar-refractivity contribution in [1.29, 1.82) is 0 Å². The van der Waals surface area contributed by atoms with Crippen molar-refractivity contribution < 1.29 is 22.4 Å². The third-order valence-corrected chi connectivity index (χ3v) is 5.74. The Morgan fingerprint density at radius 2 is 1.83 bits per heavy atom. The zero-order valence-corrected chi connectivity index (χ0v) is 18.8. The molecular weight excluding hydrogens is 498 g/mol. The minimum Gasteiger partial charge on any atom is -0.305 e. The number of benzene rings is 1. The van der Waals surface area contributed by atoms with Gasteiger partial charge in [0, 0.05) is 28.9 Å². The number of carbonyl (C=O) groups is 1. The van der Waals surface area contributed by atoms with E-state index in [1.54, 1.807) is 29.6 Å². The summed E-state index contributed by atoms with van der Waals surface area (Å²) in [5, 5.41) is 16.1. The molecule has 0 radical (unpaired) electrons. The van der Waals surface area contributed by atoms with Crippen LogP contribution >= 0.6 is 11.3 Å². The Kier molecular flexibility index (Phi) is 5.98. The maximum Gasteiger partial charge on any atom is 0.433 e. The Balaban J connectivity index is 1.37. The summed E-state index contributed by atoms with van der Waals surface area (Å²) in [5.41, 5.74) is 0.554. The lowest BCUT2D eigenvalue weighted by Crippen LogP contribution is -2.16. The maximum absolute atomic E-state index is 13.6. The molecule has 5 aromatic rings. The van der Waals surface area contributed by atoms with Gasteiger partial charge in [0.15, 0.2) is 17.3 Å². The van der Waals surface area contributed by atoms with Gasteiger partial charge in [-0.3, -0.25) is 4.79 Å². The van der Waals surface area contributed by atoms with Crippen molar-refractivity contribution in [3.05, 3.63) is 89.6 Å². The van der Waals surface area contributed by atoms with Crippen LogP contribution in [0.5, 0.6) is 0 Å². The number of hydrogen-bond donors (Lipinski definition) is 1. The topological polar surface area (TPSA) is 98.5 Å². The van der Waals surface area contributed by atoms with Crippen molar-refractivity contribution in [2.75, 3.05) is 5.32 Å². The Morgan fingerprint density at radius 3 is 2.50 bits per heavy atom. The molecule has 5 rings (SSSR count). The van der Waals surface area contributed by atoms with Crippen molar-refractivity contribution in [3.8, 4) is 27.6 Å². The summed E-state index contributed by atoms with van der Waals surface area (Å²) in [6, 6.07) is 12.8. The number of thiazole rings is 1. The molecule has 0 unspecified atom stereocenters. The fourth-order valence-electron chi connectivity index (χ4n) is 3.29. The van der Waals surface area contributed by atoms with Crippen molar-refractivity contribution >= 4 is 23.1 Å². The fraction of sp³-hybridized carbons (Fsp3) is 0.0435. The number of rotatable bonds is 5. The van der Waals surface area contributed by atoms with Crippen molar-refractivity contribution in [2.24, 2.45) is 0 Å². The molecule has 36 heavy (non-hydrogen) atoms. The summed E-state index contributed by atoms with van der Waals surface area (Å²) in [7, 11) is 0. The molecule has 0 aliphatic rings. The monoisotopic (exact) mass is 511 g/mol. The molecular formula is C23H13F4N7OS. The molecule has 4 aromatic heterocycles. The van der Waals surface area contributed by atoms with Crippen LogP contribution in [0.2, 0.25) is 0 Å². The fourth-order valence-corrected chi connectivity index (χ4v) is 3.88. The molecule has 0 atom stereocenters. The van der Waals surface area contributed by atoms with E-state index in [-0.39, 0.29) is 22.9 Å². The molecule has 1 aromatic carbocycles. The molecule has 0 aliphatic heterocycles. The van der Waals surface area contributed by atoms with Gasteiger partial charge < -0.3 is 5.32 Å². The number of halogens is 4. The van der Waals surface area contributed by atoms with E-state index in [9.17, 15) is 22.4 Å². The van der Waals surface area contributed by atoms with Crippen molar-refractivity contribution in [1.82, 2.24) is 29.9 Å². The second-order valence-electron chi connectivity index (χ2n) is 7.34. The van der Waals surface area contributed by atoms with Gasteiger partial charge in [0.1, 0.15) is 10.7 Å². The van der Waals surface area contributed by atoms with E-state index >= 15 is 0 Å². The molecule has 0 saturated carbocycles. The van der Waals surface area contributed by atoms with E-state index in [4.69, 9.17) is 0 Å². The van der Waals surface area contributed by atoms with E-state index in [1.807, 2.05) is 0 Å². The molecule has 1 N–H and O–H groups in total. The van der Waals surface area contributed by atoms with Gasteiger partial charge in [-0.05, 0) is 48.0 Å². The third-order valence-electron chi connectivity index (χ3n) is 4.95. The molecule has 0 spiro atoms. The second kappa shape index (κ2) is 9.26. The van der Waals surface area contributed by atoms with Crippen LogP contribution in [0.25, 0.3) is 27.6 Å². The zero-order chi connectivity index (χ0) is 25.3. The van der Waals surface area contributed by atoms with E-state index in [0.29, 0.717) is 20.8 Å². The first kappa shape index (κ1) is 23.2. The number of aromatic nitrogens is 6. The maximum atomic E-state index is 13.6. The van der Waals surface area contributed by atoms with Crippen LogP contribution in [0.3, 0.4) is 0 Å². The minimum absolute atomic E-state index is 0.0264. The Hall–Kier alpha value is -4.52. The lowest BCUT2D eigenvalue weighted by molar-refractivity contribution is -0.142. The smallest absolute Gasteiger partial charge is 0.305 e. The lowest BCUT2D eigenvalue weighted by atomic mass is 10.0. The van der Waals surface area contributed by atoms with Crippen LogP contribution in [0.1, 0.15) is 16.1 Å². The van der Waals surface area contributed by atoms with Crippen molar-refractivity contribution in [3.63, 3.8) is 0 Å². The molecule has 180 valence electrons. The highest BCUT2D eigenvalue weighted by Gasteiger charge is 2.37. The van der Waals surface area contributed by atoms with Crippen LogP contribution in [0, 0.1) is 5.95 Å². The highest BCUT2D eigenvalue weighted by Crippen LogP contribution is 2.34. The number of anilines is 1. The average molecular weight is 511 g/mol. The van der Waals surface area contributed by atoms with Crippen LogP contribution in [-0.4, -0.2) is 35.9 Å². The molecule has 13 heteroatoms. The molecule has 0 aliphatic carbocycles. The summed E-state index contributed by atoms with van der Waals surface area (Å²) >= 11 is 1.15. The van der Waals surface area contributed by atoms with Crippen LogP contribution in [-0.2, 0) is 6.18 Å². The number of pyridine rings is 1. The van der Waals surface area contributed by atoms with E-state index in [1.165, 1.54) is 36.7 Å². The molecule has 0 fully saturated rings. The highest BCUT2D eigenvalue weighted by atomic mass is 32.1. The summed E-state index contributed by atoms with van der Waals surface area (Å²) in [4.78, 5) is 20.3.